The molecule has 0 aliphatic carbocycles. The zero-order valence-corrected chi connectivity index (χ0v) is 21.6. The summed E-state index contributed by atoms with van der Waals surface area (Å²) in [6, 6.07) is 11.2. The number of esters is 1. The smallest absolute Gasteiger partial charge is 0.310 e. The Morgan fingerprint density at radius 1 is 1.11 bits per heavy atom. The standard InChI is InChI=1S/C25H31ClN2O7S/c1-2-33-23(29)17-18-6-10-20(11-7-18)27-25(30)22(14-16-35-24-5-3-4-15-34-24)28-36(31,32)21-12-8-19(26)9-13-21/h6-13,22,24,28H,2-5,14-17H2,1H3,(H,27,30)/t22-,24?/m0/s1. The van der Waals surface area contributed by atoms with Crippen molar-refractivity contribution in [2.24, 2.45) is 0 Å². The summed E-state index contributed by atoms with van der Waals surface area (Å²) in [6.07, 6.45) is 2.58. The van der Waals surface area contributed by atoms with Gasteiger partial charge in [-0.15, -0.1) is 0 Å². The lowest BCUT2D eigenvalue weighted by molar-refractivity contribution is -0.163. The Morgan fingerprint density at radius 2 is 1.83 bits per heavy atom. The van der Waals surface area contributed by atoms with Crippen molar-refractivity contribution in [1.29, 1.82) is 0 Å². The summed E-state index contributed by atoms with van der Waals surface area (Å²) in [6.45, 7) is 2.78. The number of hydrogen-bond acceptors (Lipinski definition) is 7. The summed E-state index contributed by atoms with van der Waals surface area (Å²) in [5, 5.41) is 3.13. The lowest BCUT2D eigenvalue weighted by Crippen LogP contribution is -2.44. The quantitative estimate of drug-likeness (QED) is 0.396. The number of hydrogen-bond donors (Lipinski definition) is 2. The summed E-state index contributed by atoms with van der Waals surface area (Å²) in [7, 11) is -4.00. The average molecular weight is 539 g/mol. The second-order valence-electron chi connectivity index (χ2n) is 8.25. The summed E-state index contributed by atoms with van der Waals surface area (Å²) < 4.78 is 44.5. The number of amides is 1. The predicted molar refractivity (Wildman–Crippen MR) is 135 cm³/mol. The Morgan fingerprint density at radius 3 is 2.47 bits per heavy atom. The second-order valence-corrected chi connectivity index (χ2v) is 10.4. The van der Waals surface area contributed by atoms with E-state index in [1.165, 1.54) is 24.3 Å². The molecule has 9 nitrogen and oxygen atoms in total. The molecule has 0 aromatic heterocycles. The van der Waals surface area contributed by atoms with Gasteiger partial charge in [0.05, 0.1) is 24.5 Å². The van der Waals surface area contributed by atoms with Gasteiger partial charge in [-0.05, 0) is 74.6 Å². The van der Waals surface area contributed by atoms with Gasteiger partial charge in [0, 0.05) is 17.3 Å². The van der Waals surface area contributed by atoms with Crippen molar-refractivity contribution in [3.63, 3.8) is 0 Å². The third kappa shape index (κ3) is 8.86. The number of carbonyl (C=O) groups excluding carboxylic acids is 2. The van der Waals surface area contributed by atoms with Crippen LogP contribution in [0, 0.1) is 0 Å². The first-order valence-corrected chi connectivity index (χ1v) is 13.7. The normalized spacial score (nSPS) is 16.8. The molecule has 1 saturated heterocycles. The second kappa shape index (κ2) is 13.7. The van der Waals surface area contributed by atoms with E-state index in [0.29, 0.717) is 23.9 Å². The molecule has 3 rings (SSSR count). The number of sulfonamides is 1. The minimum atomic E-state index is -4.00. The van der Waals surface area contributed by atoms with Gasteiger partial charge >= 0.3 is 5.97 Å². The van der Waals surface area contributed by atoms with E-state index < -0.39 is 22.0 Å². The molecule has 0 spiro atoms. The molecular weight excluding hydrogens is 508 g/mol. The maximum atomic E-state index is 13.1. The summed E-state index contributed by atoms with van der Waals surface area (Å²) in [5.41, 5.74) is 1.19. The Labute approximate surface area is 216 Å². The van der Waals surface area contributed by atoms with Crippen LogP contribution in [-0.4, -0.2) is 52.4 Å². The number of nitrogens with one attached hydrogen (secondary N) is 2. The average Bonchev–Trinajstić information content (AvgIpc) is 2.85. The molecule has 2 aromatic rings. The van der Waals surface area contributed by atoms with Crippen molar-refractivity contribution in [3.05, 3.63) is 59.1 Å². The van der Waals surface area contributed by atoms with Crippen LogP contribution < -0.4 is 10.0 Å². The minimum absolute atomic E-state index is 0.00968. The topological polar surface area (TPSA) is 120 Å². The van der Waals surface area contributed by atoms with Crippen LogP contribution in [0.4, 0.5) is 5.69 Å². The summed E-state index contributed by atoms with van der Waals surface area (Å²) >= 11 is 5.87. The van der Waals surface area contributed by atoms with Crippen LogP contribution >= 0.6 is 11.6 Å². The van der Waals surface area contributed by atoms with Crippen molar-refractivity contribution >= 4 is 39.2 Å². The molecule has 1 fully saturated rings. The number of halogens is 1. The zero-order valence-electron chi connectivity index (χ0n) is 20.1. The maximum Gasteiger partial charge on any atom is 0.310 e. The van der Waals surface area contributed by atoms with Crippen molar-refractivity contribution in [2.45, 2.75) is 56.3 Å². The van der Waals surface area contributed by atoms with Gasteiger partial charge in [-0.3, -0.25) is 9.59 Å². The van der Waals surface area contributed by atoms with Crippen molar-refractivity contribution in [1.82, 2.24) is 4.72 Å². The Hall–Kier alpha value is -2.50. The molecule has 0 saturated carbocycles. The lowest BCUT2D eigenvalue weighted by atomic mass is 10.1. The summed E-state index contributed by atoms with van der Waals surface area (Å²) in [4.78, 5) is 24.7. The Balaban J connectivity index is 1.67. The first-order valence-electron chi connectivity index (χ1n) is 11.8. The third-order valence-corrected chi connectivity index (χ3v) is 7.20. The van der Waals surface area contributed by atoms with E-state index in [-0.39, 0.29) is 36.6 Å². The number of benzene rings is 2. The zero-order chi connectivity index (χ0) is 26.0. The molecule has 1 aliphatic rings. The molecule has 2 N–H and O–H groups in total. The van der Waals surface area contributed by atoms with Crippen molar-refractivity contribution in [3.8, 4) is 0 Å². The fourth-order valence-corrected chi connectivity index (χ4v) is 4.94. The first kappa shape index (κ1) is 28.1. The Bertz CT molecular complexity index is 1100. The van der Waals surface area contributed by atoms with E-state index in [1.54, 1.807) is 31.2 Å². The third-order valence-electron chi connectivity index (χ3n) is 5.46. The summed E-state index contributed by atoms with van der Waals surface area (Å²) in [5.74, 6) is -0.883. The SMILES string of the molecule is CCOC(=O)Cc1ccc(NC(=O)[C@H](CCOC2CCCCO2)NS(=O)(=O)c2ccc(Cl)cc2)cc1. The van der Waals surface area contributed by atoms with E-state index in [0.717, 1.165) is 24.8 Å². The molecule has 1 amide bonds. The van der Waals surface area contributed by atoms with Crippen LogP contribution in [0.5, 0.6) is 0 Å². The molecule has 0 bridgehead atoms. The van der Waals surface area contributed by atoms with Crippen molar-refractivity contribution < 1.29 is 32.2 Å². The number of rotatable bonds is 12. The molecule has 1 heterocycles. The fourth-order valence-electron chi connectivity index (χ4n) is 3.59. The monoisotopic (exact) mass is 538 g/mol. The highest BCUT2D eigenvalue weighted by atomic mass is 35.5. The predicted octanol–water partition coefficient (Wildman–Crippen LogP) is 3.66. The van der Waals surface area contributed by atoms with Gasteiger partial charge in [-0.1, -0.05) is 23.7 Å². The van der Waals surface area contributed by atoms with E-state index in [2.05, 4.69) is 10.0 Å². The molecule has 2 aromatic carbocycles. The van der Waals surface area contributed by atoms with E-state index in [9.17, 15) is 18.0 Å². The van der Waals surface area contributed by atoms with Gasteiger partial charge < -0.3 is 19.5 Å². The van der Waals surface area contributed by atoms with Crippen LogP contribution in [0.15, 0.2) is 53.4 Å². The van der Waals surface area contributed by atoms with Gasteiger partial charge in [0.25, 0.3) is 0 Å². The highest BCUT2D eigenvalue weighted by Crippen LogP contribution is 2.18. The van der Waals surface area contributed by atoms with E-state index in [4.69, 9.17) is 25.8 Å². The molecule has 1 unspecified atom stereocenters. The van der Waals surface area contributed by atoms with Crippen LogP contribution in [0.25, 0.3) is 0 Å². The molecule has 11 heteroatoms. The highest BCUT2D eigenvalue weighted by Gasteiger charge is 2.27. The van der Waals surface area contributed by atoms with Gasteiger partial charge in [-0.25, -0.2) is 8.42 Å². The number of ether oxygens (including phenoxy) is 3. The van der Waals surface area contributed by atoms with E-state index >= 15 is 0 Å². The first-order chi connectivity index (χ1) is 17.3. The van der Waals surface area contributed by atoms with Gasteiger partial charge in [0.2, 0.25) is 15.9 Å². The van der Waals surface area contributed by atoms with Crippen LogP contribution in [-0.2, 0) is 40.2 Å². The largest absolute Gasteiger partial charge is 0.466 e. The minimum Gasteiger partial charge on any atom is -0.466 e. The number of anilines is 1. The lowest BCUT2D eigenvalue weighted by Gasteiger charge is -2.24. The van der Waals surface area contributed by atoms with Gasteiger partial charge in [0.1, 0.15) is 6.04 Å². The Kier molecular flexibility index (Phi) is 10.7. The fraction of sp³-hybridized carbons (Fsp3) is 0.440. The van der Waals surface area contributed by atoms with Crippen molar-refractivity contribution in [2.75, 3.05) is 25.1 Å². The van der Waals surface area contributed by atoms with E-state index in [1.807, 2.05) is 0 Å². The molecule has 196 valence electrons. The molecule has 0 radical (unpaired) electrons. The maximum absolute atomic E-state index is 13.1. The van der Waals surface area contributed by atoms with Crippen LogP contribution in [0.3, 0.4) is 0 Å². The number of carbonyl (C=O) groups is 2. The highest BCUT2D eigenvalue weighted by molar-refractivity contribution is 7.89. The molecule has 2 atom stereocenters. The van der Waals surface area contributed by atoms with Gasteiger partial charge in [0.15, 0.2) is 6.29 Å². The van der Waals surface area contributed by atoms with Crippen LogP contribution in [0.1, 0.15) is 38.2 Å². The van der Waals surface area contributed by atoms with Crippen LogP contribution in [0.2, 0.25) is 5.02 Å². The molecular formula is C25H31ClN2O7S. The van der Waals surface area contributed by atoms with Gasteiger partial charge in [-0.2, -0.15) is 4.72 Å². The molecule has 1 aliphatic heterocycles. The molecule has 36 heavy (non-hydrogen) atoms.